The first-order valence-electron chi connectivity index (χ1n) is 4.41. The fraction of sp³-hybridized carbons (Fsp3) is 0.250. The number of aliphatic carboxylic acids is 1. The Bertz CT molecular complexity index is 534. The zero-order valence-electron chi connectivity index (χ0n) is 8.77. The van der Waals surface area contributed by atoms with Crippen molar-refractivity contribution in [3.05, 3.63) is 26.9 Å². The van der Waals surface area contributed by atoms with Gasteiger partial charge in [0.25, 0.3) is 0 Å². The van der Waals surface area contributed by atoms with Gasteiger partial charge in [0.15, 0.2) is 0 Å². The normalized spacial score (nSPS) is 11.2. The number of hydrogen-bond donors (Lipinski definition) is 1. The molecular formula is C8H4ClF3N2O5. The van der Waals surface area contributed by atoms with Crippen molar-refractivity contribution in [2.24, 2.45) is 0 Å². The number of nitro groups is 1. The fourth-order valence-corrected chi connectivity index (χ4v) is 1.36. The number of aromatic nitrogens is 1. The van der Waals surface area contributed by atoms with Crippen molar-refractivity contribution in [3.8, 4) is 5.75 Å². The van der Waals surface area contributed by atoms with Crippen LogP contribution < -0.4 is 4.74 Å². The summed E-state index contributed by atoms with van der Waals surface area (Å²) in [6.07, 6.45) is -5.27. The highest BCUT2D eigenvalue weighted by atomic mass is 35.5. The quantitative estimate of drug-likeness (QED) is 0.675. The molecule has 0 unspecified atom stereocenters. The first kappa shape index (κ1) is 15.0. The summed E-state index contributed by atoms with van der Waals surface area (Å²) in [5.74, 6) is -3.98. The van der Waals surface area contributed by atoms with Crippen LogP contribution in [0, 0.1) is 10.1 Å². The molecule has 0 radical (unpaired) electrons. The lowest BCUT2D eigenvalue weighted by molar-refractivity contribution is -0.393. The van der Waals surface area contributed by atoms with Crippen molar-refractivity contribution in [2.75, 3.05) is 0 Å². The highest BCUT2D eigenvalue weighted by Gasteiger charge is 2.37. The largest absolute Gasteiger partial charge is 0.573 e. The molecule has 0 aliphatic heterocycles. The van der Waals surface area contributed by atoms with Gasteiger partial charge < -0.3 is 20.0 Å². The van der Waals surface area contributed by atoms with E-state index in [1.165, 1.54) is 0 Å². The van der Waals surface area contributed by atoms with Crippen LogP contribution in [0.1, 0.15) is 5.56 Å². The van der Waals surface area contributed by atoms with Gasteiger partial charge in [-0.25, -0.2) is 0 Å². The Morgan fingerprint density at radius 2 is 2.16 bits per heavy atom. The maximum absolute atomic E-state index is 12.1. The monoisotopic (exact) mass is 300 g/mol. The Kier molecular flexibility index (Phi) is 4.14. The van der Waals surface area contributed by atoms with E-state index in [0.717, 1.165) is 0 Å². The number of alkyl halides is 3. The second kappa shape index (κ2) is 5.26. The minimum absolute atomic E-state index is 0.334. The second-order valence-corrected chi connectivity index (χ2v) is 3.50. The van der Waals surface area contributed by atoms with E-state index in [9.17, 15) is 28.1 Å². The van der Waals surface area contributed by atoms with Crippen molar-refractivity contribution in [1.29, 1.82) is 0 Å². The first-order valence-corrected chi connectivity index (χ1v) is 4.79. The van der Waals surface area contributed by atoms with Gasteiger partial charge in [0.1, 0.15) is 6.20 Å². The van der Waals surface area contributed by atoms with E-state index in [2.05, 4.69) is 9.72 Å². The number of carboxylic acids is 1. The Morgan fingerprint density at radius 3 is 2.58 bits per heavy atom. The summed E-state index contributed by atoms with van der Waals surface area (Å²) in [6, 6.07) is 0. The second-order valence-electron chi connectivity index (χ2n) is 3.13. The number of ether oxygens (including phenoxy) is 1. The van der Waals surface area contributed by atoms with E-state index in [1.807, 2.05) is 0 Å². The minimum Gasteiger partial charge on any atom is -0.481 e. The summed E-state index contributed by atoms with van der Waals surface area (Å²) < 4.78 is 39.8. The average Bonchev–Trinajstić information content (AvgIpc) is 2.21. The van der Waals surface area contributed by atoms with Crippen molar-refractivity contribution >= 4 is 23.4 Å². The molecule has 0 atom stereocenters. The van der Waals surface area contributed by atoms with Crippen LogP contribution in [0.2, 0.25) is 5.02 Å². The molecule has 7 nitrogen and oxygen atoms in total. The van der Waals surface area contributed by atoms with Crippen molar-refractivity contribution in [2.45, 2.75) is 12.8 Å². The van der Waals surface area contributed by atoms with Crippen molar-refractivity contribution < 1.29 is 32.7 Å². The van der Waals surface area contributed by atoms with E-state index in [4.69, 9.17) is 16.7 Å². The van der Waals surface area contributed by atoms with Crippen LogP contribution in [0.3, 0.4) is 0 Å². The van der Waals surface area contributed by atoms with Gasteiger partial charge >= 0.3 is 18.1 Å². The highest BCUT2D eigenvalue weighted by Crippen LogP contribution is 2.38. The van der Waals surface area contributed by atoms with Gasteiger partial charge in [-0.2, -0.15) is 0 Å². The first-order chi connectivity index (χ1) is 8.61. The van der Waals surface area contributed by atoms with Gasteiger partial charge in [-0.05, 0) is 9.91 Å². The molecule has 0 fully saturated rings. The molecule has 0 saturated heterocycles. The topological polar surface area (TPSA) is 103 Å². The van der Waals surface area contributed by atoms with Crippen LogP contribution in [0.25, 0.3) is 0 Å². The van der Waals surface area contributed by atoms with E-state index in [-0.39, 0.29) is 5.56 Å². The third-order valence-electron chi connectivity index (χ3n) is 1.76. The van der Waals surface area contributed by atoms with E-state index >= 15 is 0 Å². The summed E-state index contributed by atoms with van der Waals surface area (Å²) in [5, 5.41) is 18.2. The van der Waals surface area contributed by atoms with E-state index in [1.54, 1.807) is 0 Å². The number of pyridine rings is 1. The summed E-state index contributed by atoms with van der Waals surface area (Å²) in [7, 11) is 0. The molecule has 0 spiro atoms. The van der Waals surface area contributed by atoms with Crippen LogP contribution in [0.5, 0.6) is 5.75 Å². The molecule has 1 rings (SSSR count). The van der Waals surface area contributed by atoms with Gasteiger partial charge in [-0.15, -0.1) is 13.2 Å². The van der Waals surface area contributed by atoms with Crippen molar-refractivity contribution in [3.63, 3.8) is 0 Å². The molecule has 1 aromatic rings. The predicted octanol–water partition coefficient (Wildman–Crippen LogP) is 2.17. The van der Waals surface area contributed by atoms with Crippen LogP contribution in [0.15, 0.2) is 6.20 Å². The molecule has 0 aromatic carbocycles. The summed E-state index contributed by atoms with van der Waals surface area (Å²) in [6.45, 7) is 0. The molecule has 0 aliphatic rings. The smallest absolute Gasteiger partial charge is 0.481 e. The third kappa shape index (κ3) is 3.95. The number of halogens is 4. The summed E-state index contributed by atoms with van der Waals surface area (Å²) >= 11 is 5.48. The lowest BCUT2D eigenvalue weighted by Gasteiger charge is -2.11. The Labute approximate surface area is 107 Å². The number of hydrogen-bond acceptors (Lipinski definition) is 5. The molecule has 11 heteroatoms. The van der Waals surface area contributed by atoms with Gasteiger partial charge in [-0.1, -0.05) is 11.6 Å². The number of rotatable bonds is 4. The molecule has 0 bridgehead atoms. The maximum atomic E-state index is 12.1. The molecule has 0 saturated carbocycles. The molecule has 1 aromatic heterocycles. The standard InChI is InChI=1S/C8H4ClF3N2O5/c9-5-3(1-4(15)16)2-13-7(14(17)18)6(5)19-8(10,11)12/h2H,1H2,(H,15,16). The molecule has 104 valence electrons. The Hall–Kier alpha value is -2.10. The average molecular weight is 301 g/mol. The van der Waals surface area contributed by atoms with Gasteiger partial charge in [0.2, 0.25) is 5.75 Å². The van der Waals surface area contributed by atoms with Gasteiger partial charge in [0.05, 0.1) is 11.4 Å². The lowest BCUT2D eigenvalue weighted by atomic mass is 10.2. The summed E-state index contributed by atoms with van der Waals surface area (Å²) in [4.78, 5) is 22.8. The number of carboxylic acid groups (broad SMARTS) is 1. The zero-order chi connectivity index (χ0) is 14.8. The van der Waals surface area contributed by atoms with E-state index in [0.29, 0.717) is 6.20 Å². The number of nitrogens with zero attached hydrogens (tertiary/aromatic N) is 2. The fourth-order valence-electron chi connectivity index (χ4n) is 1.12. The highest BCUT2D eigenvalue weighted by molar-refractivity contribution is 6.33. The van der Waals surface area contributed by atoms with Gasteiger partial charge in [0, 0.05) is 5.56 Å². The maximum Gasteiger partial charge on any atom is 0.573 e. The van der Waals surface area contributed by atoms with Crippen LogP contribution in [-0.2, 0) is 11.2 Å². The Morgan fingerprint density at radius 1 is 1.58 bits per heavy atom. The molecule has 0 amide bonds. The Balaban J connectivity index is 3.35. The van der Waals surface area contributed by atoms with Crippen molar-refractivity contribution in [1.82, 2.24) is 4.98 Å². The molecule has 0 aliphatic carbocycles. The SMILES string of the molecule is O=C(O)Cc1cnc([N+](=O)[O-])c(OC(F)(F)F)c1Cl. The molecular weight excluding hydrogens is 297 g/mol. The lowest BCUT2D eigenvalue weighted by Crippen LogP contribution is -2.19. The molecule has 1 heterocycles. The number of carbonyl (C=O) groups is 1. The predicted molar refractivity (Wildman–Crippen MR) is 53.9 cm³/mol. The zero-order valence-corrected chi connectivity index (χ0v) is 9.53. The minimum atomic E-state index is -5.22. The van der Waals surface area contributed by atoms with Crippen LogP contribution in [0.4, 0.5) is 19.0 Å². The van der Waals surface area contributed by atoms with Gasteiger partial charge in [-0.3, -0.25) is 4.79 Å². The van der Waals surface area contributed by atoms with Crippen LogP contribution >= 0.6 is 11.6 Å². The third-order valence-corrected chi connectivity index (χ3v) is 2.17. The van der Waals surface area contributed by atoms with Crippen LogP contribution in [-0.4, -0.2) is 27.3 Å². The molecule has 1 N–H and O–H groups in total. The van der Waals surface area contributed by atoms with E-state index < -0.39 is 40.3 Å². The molecule has 19 heavy (non-hydrogen) atoms. The summed E-state index contributed by atoms with van der Waals surface area (Å²) in [5.41, 5.74) is -0.334.